The molecule has 21 heavy (non-hydrogen) atoms. The summed E-state index contributed by atoms with van der Waals surface area (Å²) in [5.74, 6) is 0.205. The van der Waals surface area contributed by atoms with Gasteiger partial charge in [-0.1, -0.05) is 6.07 Å². The fourth-order valence-electron chi connectivity index (χ4n) is 2.42. The molecule has 5 nitrogen and oxygen atoms in total. The molecule has 2 unspecified atom stereocenters. The molecule has 1 saturated heterocycles. The highest BCUT2D eigenvalue weighted by atomic mass is 32.1. The van der Waals surface area contributed by atoms with E-state index in [1.807, 2.05) is 17.5 Å². The van der Waals surface area contributed by atoms with Crippen molar-refractivity contribution in [2.75, 3.05) is 19.8 Å². The molecular formula is C15H17NO4S. The van der Waals surface area contributed by atoms with Crippen LogP contribution in [-0.2, 0) is 15.1 Å². The molecule has 6 heteroatoms. The fourth-order valence-corrected chi connectivity index (χ4v) is 3.25. The van der Waals surface area contributed by atoms with Crippen molar-refractivity contribution in [3.8, 4) is 0 Å². The molecule has 0 bridgehead atoms. The van der Waals surface area contributed by atoms with E-state index in [4.69, 9.17) is 9.15 Å². The molecule has 0 radical (unpaired) electrons. The first-order chi connectivity index (χ1) is 10.2. The highest BCUT2D eigenvalue weighted by molar-refractivity contribution is 7.10. The van der Waals surface area contributed by atoms with Crippen molar-refractivity contribution in [2.24, 2.45) is 5.92 Å². The van der Waals surface area contributed by atoms with Gasteiger partial charge in [0.1, 0.15) is 5.76 Å². The average molecular weight is 307 g/mol. The number of carbonyl (C=O) groups excluding carboxylic acids is 1. The van der Waals surface area contributed by atoms with Gasteiger partial charge in [-0.15, -0.1) is 11.3 Å². The number of aliphatic hydroxyl groups is 1. The second-order valence-corrected chi connectivity index (χ2v) is 6.04. The Kier molecular flexibility index (Phi) is 4.10. The van der Waals surface area contributed by atoms with Crippen LogP contribution in [0.5, 0.6) is 0 Å². The smallest absolute Gasteiger partial charge is 0.225 e. The van der Waals surface area contributed by atoms with Crippen LogP contribution in [0.15, 0.2) is 40.3 Å². The lowest BCUT2D eigenvalue weighted by Crippen LogP contribution is -2.43. The van der Waals surface area contributed by atoms with Gasteiger partial charge < -0.3 is 19.6 Å². The Hall–Kier alpha value is -1.63. The zero-order valence-electron chi connectivity index (χ0n) is 11.5. The lowest BCUT2D eigenvalue weighted by molar-refractivity contribution is -0.126. The summed E-state index contributed by atoms with van der Waals surface area (Å²) in [5.41, 5.74) is -1.34. The summed E-state index contributed by atoms with van der Waals surface area (Å²) in [6.07, 6.45) is 2.24. The van der Waals surface area contributed by atoms with Crippen molar-refractivity contribution in [2.45, 2.75) is 12.0 Å². The summed E-state index contributed by atoms with van der Waals surface area (Å²) in [5, 5.41) is 15.7. The van der Waals surface area contributed by atoms with Crippen molar-refractivity contribution in [3.63, 3.8) is 0 Å². The first-order valence-corrected chi connectivity index (χ1v) is 7.74. The Morgan fingerprint density at radius 3 is 3.00 bits per heavy atom. The molecule has 2 atom stereocenters. The lowest BCUT2D eigenvalue weighted by Gasteiger charge is -2.25. The van der Waals surface area contributed by atoms with Crippen LogP contribution in [0.3, 0.4) is 0 Å². The Bertz CT molecular complexity index is 539. The van der Waals surface area contributed by atoms with E-state index >= 15 is 0 Å². The molecule has 2 N–H and O–H groups in total. The molecule has 1 aliphatic rings. The van der Waals surface area contributed by atoms with Gasteiger partial charge in [-0.25, -0.2) is 0 Å². The van der Waals surface area contributed by atoms with Crippen molar-refractivity contribution in [3.05, 3.63) is 46.5 Å². The predicted octanol–water partition coefficient (Wildman–Crippen LogP) is 1.73. The van der Waals surface area contributed by atoms with Crippen LogP contribution < -0.4 is 5.32 Å². The summed E-state index contributed by atoms with van der Waals surface area (Å²) in [4.78, 5) is 12.8. The molecule has 2 aromatic heterocycles. The largest absolute Gasteiger partial charge is 0.466 e. The number of furan rings is 1. The standard InChI is InChI=1S/C15H17NO4S/c17-14(11-5-7-19-9-11)16-10-15(18,12-3-1-6-20-12)13-4-2-8-21-13/h1-4,6,8,11,18H,5,7,9-10H2,(H,16,17). The minimum Gasteiger partial charge on any atom is -0.466 e. The SMILES string of the molecule is O=C(NCC(O)(c1ccco1)c1cccs1)C1CCOC1. The van der Waals surface area contributed by atoms with Gasteiger partial charge in [-0.3, -0.25) is 4.79 Å². The van der Waals surface area contributed by atoms with Gasteiger partial charge in [0.05, 0.1) is 25.3 Å². The first kappa shape index (κ1) is 14.3. The van der Waals surface area contributed by atoms with E-state index in [1.165, 1.54) is 17.6 Å². The van der Waals surface area contributed by atoms with Gasteiger partial charge >= 0.3 is 0 Å². The van der Waals surface area contributed by atoms with Crippen molar-refractivity contribution in [1.29, 1.82) is 0 Å². The molecule has 112 valence electrons. The second-order valence-electron chi connectivity index (χ2n) is 5.09. The van der Waals surface area contributed by atoms with Crippen molar-refractivity contribution < 1.29 is 19.1 Å². The number of ether oxygens (including phenoxy) is 1. The van der Waals surface area contributed by atoms with Crippen LogP contribution in [0, 0.1) is 5.92 Å². The maximum atomic E-state index is 12.1. The Balaban J connectivity index is 1.76. The van der Waals surface area contributed by atoms with E-state index in [0.717, 1.165) is 11.3 Å². The summed E-state index contributed by atoms with van der Waals surface area (Å²) in [7, 11) is 0. The van der Waals surface area contributed by atoms with Crippen LogP contribution >= 0.6 is 11.3 Å². The maximum Gasteiger partial charge on any atom is 0.225 e. The third-order valence-corrected chi connectivity index (χ3v) is 4.70. The third kappa shape index (κ3) is 2.88. The summed E-state index contributed by atoms with van der Waals surface area (Å²) in [6, 6.07) is 7.13. The van der Waals surface area contributed by atoms with Gasteiger partial charge in [0, 0.05) is 11.5 Å². The van der Waals surface area contributed by atoms with Crippen LogP contribution in [-0.4, -0.2) is 30.8 Å². The van der Waals surface area contributed by atoms with E-state index < -0.39 is 5.60 Å². The molecule has 2 aromatic rings. The van der Waals surface area contributed by atoms with E-state index in [-0.39, 0.29) is 18.4 Å². The normalized spacial score (nSPS) is 21.1. The molecule has 3 rings (SSSR count). The number of carbonyl (C=O) groups is 1. The first-order valence-electron chi connectivity index (χ1n) is 6.86. The van der Waals surface area contributed by atoms with Crippen molar-refractivity contribution >= 4 is 17.2 Å². The number of hydrogen-bond donors (Lipinski definition) is 2. The zero-order valence-corrected chi connectivity index (χ0v) is 12.3. The van der Waals surface area contributed by atoms with Gasteiger partial charge in [-0.2, -0.15) is 0 Å². The minimum atomic E-state index is -1.34. The van der Waals surface area contributed by atoms with Crippen LogP contribution in [0.25, 0.3) is 0 Å². The van der Waals surface area contributed by atoms with E-state index in [9.17, 15) is 9.90 Å². The Labute approximate surface area is 126 Å². The monoisotopic (exact) mass is 307 g/mol. The predicted molar refractivity (Wildman–Crippen MR) is 78.0 cm³/mol. The van der Waals surface area contributed by atoms with Crippen LogP contribution in [0.1, 0.15) is 17.1 Å². The molecule has 0 spiro atoms. The summed E-state index contributed by atoms with van der Waals surface area (Å²) in [6.45, 7) is 1.14. The van der Waals surface area contributed by atoms with Gasteiger partial charge in [0.2, 0.25) is 5.91 Å². The Morgan fingerprint density at radius 1 is 1.48 bits per heavy atom. The van der Waals surface area contributed by atoms with Gasteiger partial charge in [0.25, 0.3) is 0 Å². The molecule has 0 aliphatic carbocycles. The van der Waals surface area contributed by atoms with Gasteiger partial charge in [-0.05, 0) is 30.0 Å². The number of nitrogens with one attached hydrogen (secondary N) is 1. The molecule has 0 saturated carbocycles. The molecule has 1 aliphatic heterocycles. The zero-order chi connectivity index (χ0) is 14.7. The maximum absolute atomic E-state index is 12.1. The average Bonchev–Trinajstić information content (AvgIpc) is 3.27. The third-order valence-electron chi connectivity index (χ3n) is 3.68. The molecule has 1 fully saturated rings. The summed E-state index contributed by atoms with van der Waals surface area (Å²) >= 11 is 1.43. The van der Waals surface area contributed by atoms with E-state index in [1.54, 1.807) is 12.1 Å². The lowest BCUT2D eigenvalue weighted by atomic mass is 9.98. The Morgan fingerprint density at radius 2 is 2.38 bits per heavy atom. The van der Waals surface area contributed by atoms with E-state index in [2.05, 4.69) is 5.32 Å². The molecule has 1 amide bonds. The number of amides is 1. The van der Waals surface area contributed by atoms with Crippen LogP contribution in [0.2, 0.25) is 0 Å². The van der Waals surface area contributed by atoms with Gasteiger partial charge in [0.15, 0.2) is 5.60 Å². The highest BCUT2D eigenvalue weighted by Crippen LogP contribution is 2.32. The minimum absolute atomic E-state index is 0.0797. The highest BCUT2D eigenvalue weighted by Gasteiger charge is 2.37. The quantitative estimate of drug-likeness (QED) is 0.882. The number of rotatable bonds is 5. The number of thiophene rings is 1. The summed E-state index contributed by atoms with van der Waals surface area (Å²) < 4.78 is 10.6. The topological polar surface area (TPSA) is 71.7 Å². The number of hydrogen-bond acceptors (Lipinski definition) is 5. The van der Waals surface area contributed by atoms with E-state index in [0.29, 0.717) is 19.0 Å². The second kappa shape index (κ2) is 6.01. The van der Waals surface area contributed by atoms with Crippen molar-refractivity contribution in [1.82, 2.24) is 5.32 Å². The molecule has 0 aromatic carbocycles. The fraction of sp³-hybridized carbons (Fsp3) is 0.400. The molecular weight excluding hydrogens is 290 g/mol. The molecule has 3 heterocycles. The van der Waals surface area contributed by atoms with Crippen LogP contribution in [0.4, 0.5) is 0 Å².